The largest absolute Gasteiger partial charge is 0.309 e. The van der Waals surface area contributed by atoms with Crippen LogP contribution in [0.4, 0.5) is 0 Å². The van der Waals surface area contributed by atoms with E-state index >= 15 is 0 Å². The van der Waals surface area contributed by atoms with Crippen molar-refractivity contribution in [3.63, 3.8) is 0 Å². The number of nitrogens with zero attached hydrogens (tertiary/aromatic N) is 3. The fourth-order valence-corrected chi connectivity index (χ4v) is 9.61. The maximum Gasteiger partial charge on any atom is 0.160 e. The number of rotatable bonds is 6. The fourth-order valence-electron chi connectivity index (χ4n) is 8.39. The van der Waals surface area contributed by atoms with Gasteiger partial charge in [-0.3, -0.25) is 0 Å². The first kappa shape index (κ1) is 32.5. The topological polar surface area (TPSA) is 30.7 Å². The number of allylic oxidation sites excluding steroid dienone is 4. The normalized spacial score (nSPS) is 12.9. The zero-order valence-corrected chi connectivity index (χ0v) is 31.4. The molecule has 0 saturated heterocycles. The van der Waals surface area contributed by atoms with Crippen molar-refractivity contribution < 1.29 is 0 Å². The third kappa shape index (κ3) is 5.49. The molecule has 11 rings (SSSR count). The van der Waals surface area contributed by atoms with Crippen molar-refractivity contribution in [2.45, 2.75) is 12.8 Å². The highest BCUT2D eigenvalue weighted by Gasteiger charge is 2.20. The minimum absolute atomic E-state index is 0.740. The molecule has 0 unspecified atom stereocenters. The summed E-state index contributed by atoms with van der Waals surface area (Å²) < 4.78 is 5.09. The third-order valence-corrected chi connectivity index (χ3v) is 12.3. The first-order valence-corrected chi connectivity index (χ1v) is 20.0. The summed E-state index contributed by atoms with van der Waals surface area (Å²) in [6.45, 7) is 0. The van der Waals surface area contributed by atoms with Crippen LogP contribution in [0.2, 0.25) is 0 Å². The zero-order chi connectivity index (χ0) is 37.0. The number of fused-ring (bicyclic) bond motifs is 6. The van der Waals surface area contributed by atoms with Crippen molar-refractivity contribution in [1.29, 1.82) is 0 Å². The molecule has 1 aliphatic rings. The monoisotopic (exact) mass is 733 g/mol. The molecular weight excluding hydrogens is 699 g/mol. The highest BCUT2D eigenvalue weighted by molar-refractivity contribution is 7.26. The van der Waals surface area contributed by atoms with Gasteiger partial charge in [-0.05, 0) is 71.5 Å². The van der Waals surface area contributed by atoms with Gasteiger partial charge in [0.15, 0.2) is 5.82 Å². The molecule has 264 valence electrons. The lowest BCUT2D eigenvalue weighted by molar-refractivity contribution is 1.03. The number of hydrogen-bond acceptors (Lipinski definition) is 3. The summed E-state index contributed by atoms with van der Waals surface area (Å²) in [4.78, 5) is 10.1. The Labute approximate surface area is 329 Å². The number of hydrogen-bond donors (Lipinski definition) is 0. The Hall–Kier alpha value is -6.88. The molecule has 10 aromatic rings. The number of thiophene rings is 1. The predicted octanol–water partition coefficient (Wildman–Crippen LogP) is 14.3. The van der Waals surface area contributed by atoms with E-state index in [2.05, 4.69) is 174 Å². The second-order valence-corrected chi connectivity index (χ2v) is 15.5. The van der Waals surface area contributed by atoms with Crippen molar-refractivity contribution in [3.05, 3.63) is 194 Å². The lowest BCUT2D eigenvalue weighted by Crippen LogP contribution is -1.98. The Balaban J connectivity index is 1.07. The second kappa shape index (κ2) is 13.5. The molecule has 0 spiro atoms. The molecule has 0 amide bonds. The van der Waals surface area contributed by atoms with Gasteiger partial charge in [-0.1, -0.05) is 152 Å². The van der Waals surface area contributed by atoms with Crippen molar-refractivity contribution in [2.75, 3.05) is 0 Å². The molecule has 0 aliphatic heterocycles. The molecule has 0 bridgehead atoms. The van der Waals surface area contributed by atoms with E-state index in [0.29, 0.717) is 0 Å². The first-order chi connectivity index (χ1) is 27.8. The molecule has 3 aromatic heterocycles. The van der Waals surface area contributed by atoms with E-state index in [4.69, 9.17) is 9.97 Å². The summed E-state index contributed by atoms with van der Waals surface area (Å²) >= 11 is 1.88. The molecule has 3 heterocycles. The minimum atomic E-state index is 0.740. The number of benzene rings is 7. The molecule has 0 atom stereocenters. The molecule has 7 aromatic carbocycles. The van der Waals surface area contributed by atoms with Crippen molar-refractivity contribution >= 4 is 58.9 Å². The summed E-state index contributed by atoms with van der Waals surface area (Å²) in [5.41, 5.74) is 13.5. The van der Waals surface area contributed by atoms with E-state index in [1.165, 1.54) is 64.2 Å². The van der Waals surface area contributed by atoms with Gasteiger partial charge in [-0.25, -0.2) is 9.97 Å². The zero-order valence-electron chi connectivity index (χ0n) is 30.6. The predicted molar refractivity (Wildman–Crippen MR) is 237 cm³/mol. The summed E-state index contributed by atoms with van der Waals surface area (Å²) in [5, 5.41) is 5.07. The number of aromatic nitrogens is 3. The van der Waals surface area contributed by atoms with Crippen LogP contribution < -0.4 is 0 Å². The Kier molecular flexibility index (Phi) is 7.82. The van der Waals surface area contributed by atoms with E-state index in [9.17, 15) is 0 Å². The van der Waals surface area contributed by atoms with Crippen LogP contribution in [0, 0.1) is 0 Å². The quantitative estimate of drug-likeness (QED) is 0.170. The minimum Gasteiger partial charge on any atom is -0.309 e. The van der Waals surface area contributed by atoms with Gasteiger partial charge in [0, 0.05) is 53.3 Å². The molecular formula is C52H35N3S. The van der Waals surface area contributed by atoms with Crippen LogP contribution in [0.3, 0.4) is 0 Å². The summed E-state index contributed by atoms with van der Waals surface area (Å²) in [7, 11) is 0. The summed E-state index contributed by atoms with van der Waals surface area (Å²) in [6.07, 6.45) is 8.79. The summed E-state index contributed by atoms with van der Waals surface area (Å²) in [6, 6.07) is 61.3. The van der Waals surface area contributed by atoms with Gasteiger partial charge in [-0.15, -0.1) is 11.3 Å². The van der Waals surface area contributed by atoms with Gasteiger partial charge in [-0.2, -0.15) is 0 Å². The van der Waals surface area contributed by atoms with Gasteiger partial charge in [0.1, 0.15) is 0 Å². The van der Waals surface area contributed by atoms with Gasteiger partial charge < -0.3 is 4.57 Å². The van der Waals surface area contributed by atoms with Crippen LogP contribution in [-0.4, -0.2) is 14.5 Å². The molecule has 56 heavy (non-hydrogen) atoms. The van der Waals surface area contributed by atoms with E-state index in [1.807, 2.05) is 29.5 Å². The Morgan fingerprint density at radius 3 is 1.96 bits per heavy atom. The van der Waals surface area contributed by atoms with Crippen LogP contribution in [0.1, 0.15) is 18.5 Å². The molecule has 0 fully saturated rings. The highest BCUT2D eigenvalue weighted by atomic mass is 32.1. The average Bonchev–Trinajstić information content (AvgIpc) is 3.83. The smallest absolute Gasteiger partial charge is 0.160 e. The average molecular weight is 734 g/mol. The van der Waals surface area contributed by atoms with Crippen LogP contribution in [0.25, 0.3) is 98.1 Å². The Morgan fingerprint density at radius 2 is 1.16 bits per heavy atom. The highest BCUT2D eigenvalue weighted by Crippen LogP contribution is 2.44. The second-order valence-electron chi connectivity index (χ2n) is 14.4. The van der Waals surface area contributed by atoms with Crippen molar-refractivity contribution in [3.8, 4) is 50.6 Å². The van der Waals surface area contributed by atoms with Crippen molar-refractivity contribution in [2.24, 2.45) is 0 Å². The summed E-state index contributed by atoms with van der Waals surface area (Å²) in [5.74, 6) is 0.740. The van der Waals surface area contributed by atoms with Crippen molar-refractivity contribution in [1.82, 2.24) is 14.5 Å². The lowest BCUT2D eigenvalue weighted by Gasteiger charge is -2.13. The van der Waals surface area contributed by atoms with E-state index in [-0.39, 0.29) is 0 Å². The molecule has 3 nitrogen and oxygen atoms in total. The molecule has 0 N–H and O–H groups in total. The van der Waals surface area contributed by atoms with Crippen LogP contribution in [0.15, 0.2) is 188 Å². The maximum atomic E-state index is 5.10. The molecule has 1 aliphatic carbocycles. The van der Waals surface area contributed by atoms with Crippen LogP contribution in [-0.2, 0) is 0 Å². The number of para-hydroxylation sites is 1. The van der Waals surface area contributed by atoms with Crippen LogP contribution in [0.5, 0.6) is 0 Å². The lowest BCUT2D eigenvalue weighted by atomic mass is 9.97. The maximum absolute atomic E-state index is 5.10. The Bertz CT molecular complexity index is 3170. The van der Waals surface area contributed by atoms with Gasteiger partial charge in [0.2, 0.25) is 0 Å². The third-order valence-electron chi connectivity index (χ3n) is 11.0. The molecule has 0 saturated carbocycles. The first-order valence-electron chi connectivity index (χ1n) is 19.2. The van der Waals surface area contributed by atoms with Gasteiger partial charge in [0.05, 0.1) is 22.4 Å². The standard InChI is InChI=1S/C52H35N3S/c1-4-15-34(16-5-1)43-31-39(32-44-41-21-11-13-26-49(41)56-51(43)44)55-47-24-12-10-22-42(47)50-40(23-14-25-48(50)55)35-27-29-37(30-28-35)46-33-45(36-17-6-2-7-18-36)53-52(54-46)38-19-8-3-9-20-38/h1,3-6,8-33H,2,7H2. The van der Waals surface area contributed by atoms with E-state index in [0.717, 1.165) is 52.4 Å². The van der Waals surface area contributed by atoms with Gasteiger partial charge in [0.25, 0.3) is 0 Å². The molecule has 0 radical (unpaired) electrons. The van der Waals surface area contributed by atoms with Crippen LogP contribution >= 0.6 is 11.3 Å². The van der Waals surface area contributed by atoms with Gasteiger partial charge >= 0.3 is 0 Å². The van der Waals surface area contributed by atoms with E-state index < -0.39 is 0 Å². The molecule has 4 heteroatoms. The van der Waals surface area contributed by atoms with E-state index in [1.54, 1.807) is 0 Å². The SMILES string of the molecule is C1=CC(c2cc(-c3ccc(-c4cccc5c4c4ccccc4n5-c4cc(-c5ccccc5)c5sc6ccccc6c5c4)cc3)nc(-c3ccccc3)n2)=CCC1. The Morgan fingerprint density at radius 1 is 0.482 bits per heavy atom. The fraction of sp³-hybridized carbons (Fsp3) is 0.0385.